The molecule has 0 N–H and O–H groups in total. The van der Waals surface area contributed by atoms with Gasteiger partial charge in [-0.1, -0.05) is 38.5 Å². The highest BCUT2D eigenvalue weighted by molar-refractivity contribution is 5.94. The van der Waals surface area contributed by atoms with Gasteiger partial charge in [-0.05, 0) is 25.6 Å². The van der Waals surface area contributed by atoms with Crippen molar-refractivity contribution >= 4 is 5.91 Å². The molecule has 0 spiro atoms. The number of amides is 1. The van der Waals surface area contributed by atoms with Crippen LogP contribution in [-0.4, -0.2) is 48.4 Å². The predicted molar refractivity (Wildman–Crippen MR) is 80.5 cm³/mol. The number of rotatable bonds is 2. The zero-order chi connectivity index (χ0) is 14.3. The molecule has 1 amide bonds. The van der Waals surface area contributed by atoms with Crippen molar-refractivity contribution in [2.24, 2.45) is 0 Å². The van der Waals surface area contributed by atoms with E-state index in [1.54, 1.807) is 0 Å². The summed E-state index contributed by atoms with van der Waals surface area (Å²) >= 11 is 0. The molecule has 3 nitrogen and oxygen atoms in total. The highest BCUT2D eigenvalue weighted by Crippen LogP contribution is 2.10. The fourth-order valence-corrected chi connectivity index (χ4v) is 2.23. The minimum Gasteiger partial charge on any atom is -0.336 e. The number of benzene rings is 1. The maximum Gasteiger partial charge on any atom is 0.253 e. The first kappa shape index (κ1) is 15.7. The molecule has 1 aliphatic heterocycles. The Labute approximate surface area is 117 Å². The van der Waals surface area contributed by atoms with Crippen LogP contribution >= 0.6 is 0 Å². The molecule has 0 saturated carbocycles. The summed E-state index contributed by atoms with van der Waals surface area (Å²) in [6, 6.07) is 7.84. The molecule has 0 unspecified atom stereocenters. The Morgan fingerprint density at radius 1 is 1.16 bits per heavy atom. The van der Waals surface area contributed by atoms with E-state index >= 15 is 0 Å². The second kappa shape index (κ2) is 7.95. The van der Waals surface area contributed by atoms with E-state index < -0.39 is 0 Å². The first-order chi connectivity index (χ1) is 9.20. The predicted octanol–water partition coefficient (Wildman–Crippen LogP) is 2.80. The molecular weight excluding hydrogens is 236 g/mol. The quantitative estimate of drug-likeness (QED) is 0.818. The normalized spacial score (nSPS) is 15.7. The summed E-state index contributed by atoms with van der Waals surface area (Å²) in [6.45, 7) is 12.9. The van der Waals surface area contributed by atoms with Crippen molar-refractivity contribution in [2.75, 3.05) is 32.7 Å². The fourth-order valence-electron chi connectivity index (χ4n) is 2.23. The average molecular weight is 262 g/mol. The van der Waals surface area contributed by atoms with Crippen molar-refractivity contribution in [2.45, 2.75) is 27.7 Å². The van der Waals surface area contributed by atoms with Gasteiger partial charge >= 0.3 is 0 Å². The van der Waals surface area contributed by atoms with Crippen LogP contribution in [0.1, 0.15) is 36.7 Å². The maximum atomic E-state index is 12.3. The molecule has 1 aromatic rings. The number of hydrogen-bond donors (Lipinski definition) is 0. The van der Waals surface area contributed by atoms with E-state index in [0.717, 1.165) is 43.9 Å². The molecule has 0 atom stereocenters. The summed E-state index contributed by atoms with van der Waals surface area (Å²) in [6.07, 6.45) is 0. The van der Waals surface area contributed by atoms with Gasteiger partial charge < -0.3 is 9.80 Å². The average Bonchev–Trinajstić information content (AvgIpc) is 2.48. The number of aryl methyl sites for hydroxylation is 1. The lowest BCUT2D eigenvalue weighted by molar-refractivity contribution is 0.0643. The molecule has 3 heteroatoms. The van der Waals surface area contributed by atoms with Crippen molar-refractivity contribution in [3.8, 4) is 0 Å². The van der Waals surface area contributed by atoms with Crippen LogP contribution in [0.5, 0.6) is 0 Å². The van der Waals surface area contributed by atoms with Crippen LogP contribution in [0.4, 0.5) is 0 Å². The SMILES string of the molecule is CC.CCN1CCN(C(=O)c2cccc(C)c2)CC1. The summed E-state index contributed by atoms with van der Waals surface area (Å²) in [4.78, 5) is 16.6. The van der Waals surface area contributed by atoms with E-state index in [1.165, 1.54) is 0 Å². The lowest BCUT2D eigenvalue weighted by Gasteiger charge is -2.34. The van der Waals surface area contributed by atoms with Crippen LogP contribution in [0.15, 0.2) is 24.3 Å². The Hall–Kier alpha value is -1.35. The van der Waals surface area contributed by atoms with Crippen molar-refractivity contribution in [1.82, 2.24) is 9.80 Å². The van der Waals surface area contributed by atoms with E-state index in [-0.39, 0.29) is 5.91 Å². The van der Waals surface area contributed by atoms with Gasteiger partial charge in [0.15, 0.2) is 0 Å². The fraction of sp³-hybridized carbons (Fsp3) is 0.562. The monoisotopic (exact) mass is 262 g/mol. The van der Waals surface area contributed by atoms with Crippen LogP contribution < -0.4 is 0 Å². The molecule has 1 fully saturated rings. The van der Waals surface area contributed by atoms with Crippen LogP contribution in [0, 0.1) is 6.92 Å². The topological polar surface area (TPSA) is 23.6 Å². The zero-order valence-electron chi connectivity index (χ0n) is 12.6. The van der Waals surface area contributed by atoms with Gasteiger partial charge in [0.2, 0.25) is 0 Å². The number of hydrogen-bond acceptors (Lipinski definition) is 2. The molecule has 0 aromatic heterocycles. The third kappa shape index (κ3) is 4.35. The summed E-state index contributed by atoms with van der Waals surface area (Å²) in [5.74, 6) is 0.171. The Bertz CT molecular complexity index is 395. The van der Waals surface area contributed by atoms with E-state index in [1.807, 2.05) is 49.9 Å². The van der Waals surface area contributed by atoms with Crippen LogP contribution in [-0.2, 0) is 0 Å². The molecule has 0 radical (unpaired) electrons. The van der Waals surface area contributed by atoms with Gasteiger partial charge in [0.25, 0.3) is 5.91 Å². The van der Waals surface area contributed by atoms with Crippen LogP contribution in [0.3, 0.4) is 0 Å². The maximum absolute atomic E-state index is 12.3. The van der Waals surface area contributed by atoms with Gasteiger partial charge in [-0.25, -0.2) is 0 Å². The third-order valence-electron chi connectivity index (χ3n) is 3.37. The second-order valence-electron chi connectivity index (χ2n) is 4.60. The summed E-state index contributed by atoms with van der Waals surface area (Å²) in [7, 11) is 0. The van der Waals surface area contributed by atoms with Gasteiger partial charge in [0.05, 0.1) is 0 Å². The Morgan fingerprint density at radius 3 is 2.32 bits per heavy atom. The number of nitrogens with zero attached hydrogens (tertiary/aromatic N) is 2. The molecule has 0 bridgehead atoms. The molecular formula is C16H26N2O. The van der Waals surface area contributed by atoms with Gasteiger partial charge in [-0.3, -0.25) is 4.79 Å². The van der Waals surface area contributed by atoms with Crippen molar-refractivity contribution in [3.63, 3.8) is 0 Å². The van der Waals surface area contributed by atoms with Gasteiger partial charge in [-0.2, -0.15) is 0 Å². The first-order valence-corrected chi connectivity index (χ1v) is 7.29. The number of carbonyl (C=O) groups excluding carboxylic acids is 1. The van der Waals surface area contributed by atoms with Gasteiger partial charge in [0.1, 0.15) is 0 Å². The minimum absolute atomic E-state index is 0.171. The van der Waals surface area contributed by atoms with Crippen LogP contribution in [0.25, 0.3) is 0 Å². The minimum atomic E-state index is 0.171. The molecule has 1 saturated heterocycles. The Kier molecular flexibility index (Phi) is 6.57. The lowest BCUT2D eigenvalue weighted by atomic mass is 10.1. The van der Waals surface area contributed by atoms with E-state index in [9.17, 15) is 4.79 Å². The lowest BCUT2D eigenvalue weighted by Crippen LogP contribution is -2.48. The molecule has 1 heterocycles. The van der Waals surface area contributed by atoms with Gasteiger partial charge in [-0.15, -0.1) is 0 Å². The largest absolute Gasteiger partial charge is 0.336 e. The molecule has 1 aliphatic rings. The highest BCUT2D eigenvalue weighted by atomic mass is 16.2. The number of piperazine rings is 1. The van der Waals surface area contributed by atoms with Gasteiger partial charge in [0, 0.05) is 31.7 Å². The smallest absolute Gasteiger partial charge is 0.253 e. The highest BCUT2D eigenvalue weighted by Gasteiger charge is 2.20. The molecule has 19 heavy (non-hydrogen) atoms. The zero-order valence-corrected chi connectivity index (χ0v) is 12.6. The molecule has 2 rings (SSSR count). The van der Waals surface area contributed by atoms with Crippen molar-refractivity contribution in [3.05, 3.63) is 35.4 Å². The molecule has 106 valence electrons. The molecule has 1 aromatic carbocycles. The van der Waals surface area contributed by atoms with Crippen LogP contribution in [0.2, 0.25) is 0 Å². The summed E-state index contributed by atoms with van der Waals surface area (Å²) in [5.41, 5.74) is 1.96. The van der Waals surface area contributed by atoms with E-state index in [4.69, 9.17) is 0 Å². The van der Waals surface area contributed by atoms with Crippen molar-refractivity contribution < 1.29 is 4.79 Å². The number of carbonyl (C=O) groups is 1. The Balaban J connectivity index is 0.000000861. The summed E-state index contributed by atoms with van der Waals surface area (Å²) < 4.78 is 0. The van der Waals surface area contributed by atoms with E-state index in [0.29, 0.717) is 0 Å². The third-order valence-corrected chi connectivity index (χ3v) is 3.37. The molecule has 0 aliphatic carbocycles. The Morgan fingerprint density at radius 2 is 1.79 bits per heavy atom. The first-order valence-electron chi connectivity index (χ1n) is 7.29. The number of likely N-dealkylation sites (N-methyl/N-ethyl adjacent to an activating group) is 1. The summed E-state index contributed by atoms with van der Waals surface area (Å²) in [5, 5.41) is 0. The standard InChI is InChI=1S/C14H20N2O.C2H6/c1-3-15-7-9-16(10-8-15)14(17)13-6-4-5-12(2)11-13;1-2/h4-6,11H,3,7-10H2,1-2H3;1-2H3. The van der Waals surface area contributed by atoms with E-state index in [2.05, 4.69) is 11.8 Å². The van der Waals surface area contributed by atoms with Crippen molar-refractivity contribution in [1.29, 1.82) is 0 Å². The second-order valence-corrected chi connectivity index (χ2v) is 4.60.